The third-order valence-corrected chi connectivity index (χ3v) is 5.57. The molecule has 1 aromatic heterocycles. The van der Waals surface area contributed by atoms with Crippen LogP contribution in [0.3, 0.4) is 0 Å². The van der Waals surface area contributed by atoms with Crippen LogP contribution in [0.2, 0.25) is 0 Å². The SMILES string of the molecule is CCOC(=O)C(NC(=O)[C@H](C)NC(=O)Cc1cc(F)cc(F)c1)c1ccc2sccc2c1. The van der Waals surface area contributed by atoms with Crippen LogP contribution in [-0.2, 0) is 25.5 Å². The third-order valence-electron chi connectivity index (χ3n) is 4.68. The fraction of sp³-hybridized carbons (Fsp3) is 0.261. The average molecular weight is 461 g/mol. The summed E-state index contributed by atoms with van der Waals surface area (Å²) in [6.45, 7) is 3.25. The highest BCUT2D eigenvalue weighted by Crippen LogP contribution is 2.25. The Morgan fingerprint density at radius 1 is 1.03 bits per heavy atom. The van der Waals surface area contributed by atoms with Crippen LogP contribution in [-0.4, -0.2) is 30.4 Å². The number of hydrogen-bond donors (Lipinski definition) is 2. The van der Waals surface area contributed by atoms with Gasteiger partial charge in [0.1, 0.15) is 17.7 Å². The Morgan fingerprint density at radius 3 is 2.44 bits per heavy atom. The summed E-state index contributed by atoms with van der Waals surface area (Å²) in [5.74, 6) is -3.40. The Bertz CT molecular complexity index is 1130. The Balaban J connectivity index is 1.69. The molecule has 2 atom stereocenters. The van der Waals surface area contributed by atoms with E-state index in [2.05, 4.69) is 10.6 Å². The zero-order valence-electron chi connectivity index (χ0n) is 17.5. The first-order valence-electron chi connectivity index (χ1n) is 9.95. The van der Waals surface area contributed by atoms with E-state index in [0.717, 1.165) is 22.2 Å². The van der Waals surface area contributed by atoms with Crippen LogP contribution in [0.15, 0.2) is 47.8 Å². The van der Waals surface area contributed by atoms with Gasteiger partial charge < -0.3 is 15.4 Å². The Labute approximate surface area is 187 Å². The van der Waals surface area contributed by atoms with Crippen LogP contribution in [0.4, 0.5) is 8.78 Å². The summed E-state index contributed by atoms with van der Waals surface area (Å²) in [6.07, 6.45) is -0.303. The second-order valence-electron chi connectivity index (χ2n) is 7.16. The molecule has 3 aromatic rings. The van der Waals surface area contributed by atoms with Crippen LogP contribution in [0.5, 0.6) is 0 Å². The number of esters is 1. The zero-order chi connectivity index (χ0) is 23.3. The molecule has 1 heterocycles. The molecule has 0 radical (unpaired) electrons. The highest BCUT2D eigenvalue weighted by molar-refractivity contribution is 7.17. The van der Waals surface area contributed by atoms with E-state index in [0.29, 0.717) is 11.6 Å². The summed E-state index contributed by atoms with van der Waals surface area (Å²) in [5.41, 5.74) is 0.692. The Kier molecular flexibility index (Phi) is 7.53. The number of amides is 2. The number of thiophene rings is 1. The molecule has 1 unspecified atom stereocenters. The number of halogens is 2. The Hall–Kier alpha value is -3.33. The van der Waals surface area contributed by atoms with E-state index in [1.165, 1.54) is 6.92 Å². The lowest BCUT2D eigenvalue weighted by molar-refractivity contribution is -0.147. The summed E-state index contributed by atoms with van der Waals surface area (Å²) in [7, 11) is 0. The maximum Gasteiger partial charge on any atom is 0.333 e. The van der Waals surface area contributed by atoms with Crippen LogP contribution < -0.4 is 10.6 Å². The van der Waals surface area contributed by atoms with Crippen LogP contribution in [0.1, 0.15) is 31.0 Å². The number of hydrogen-bond acceptors (Lipinski definition) is 5. The van der Waals surface area contributed by atoms with Gasteiger partial charge in [-0.1, -0.05) is 6.07 Å². The van der Waals surface area contributed by atoms with Gasteiger partial charge in [-0.25, -0.2) is 13.6 Å². The fourth-order valence-electron chi connectivity index (χ4n) is 3.19. The van der Waals surface area contributed by atoms with Crippen LogP contribution >= 0.6 is 11.3 Å². The van der Waals surface area contributed by atoms with Crippen molar-refractivity contribution in [2.24, 2.45) is 0 Å². The number of ether oxygens (including phenoxy) is 1. The van der Waals surface area contributed by atoms with E-state index in [-0.39, 0.29) is 18.6 Å². The number of benzene rings is 2. The molecule has 0 saturated carbocycles. The molecule has 9 heteroatoms. The van der Waals surface area contributed by atoms with Gasteiger partial charge in [0, 0.05) is 10.8 Å². The molecule has 0 spiro atoms. The zero-order valence-corrected chi connectivity index (χ0v) is 18.3. The molecule has 2 aromatic carbocycles. The van der Waals surface area contributed by atoms with Crippen LogP contribution in [0.25, 0.3) is 10.1 Å². The quantitative estimate of drug-likeness (QED) is 0.503. The summed E-state index contributed by atoms with van der Waals surface area (Å²) in [6, 6.07) is 8.06. The van der Waals surface area contributed by atoms with Gasteiger partial charge in [-0.05, 0) is 66.1 Å². The van der Waals surface area contributed by atoms with Crippen LogP contribution in [0, 0.1) is 11.6 Å². The monoisotopic (exact) mass is 460 g/mol. The minimum Gasteiger partial charge on any atom is -0.464 e. The van der Waals surface area contributed by atoms with Gasteiger partial charge in [0.25, 0.3) is 0 Å². The van der Waals surface area contributed by atoms with Gasteiger partial charge in [0.05, 0.1) is 13.0 Å². The molecule has 32 heavy (non-hydrogen) atoms. The molecule has 0 aliphatic heterocycles. The van der Waals surface area contributed by atoms with Gasteiger partial charge in [0.2, 0.25) is 11.8 Å². The van der Waals surface area contributed by atoms with Gasteiger partial charge in [-0.2, -0.15) is 0 Å². The Morgan fingerprint density at radius 2 is 1.75 bits per heavy atom. The summed E-state index contributed by atoms with van der Waals surface area (Å²) in [5, 5.41) is 7.95. The number of carbonyl (C=O) groups is 3. The standard InChI is InChI=1S/C23H22F2N2O4S/c1-3-31-23(30)21(16-4-5-19-15(11-16)6-7-32-19)27-22(29)13(2)26-20(28)10-14-8-17(24)12-18(25)9-14/h4-9,11-13,21H,3,10H2,1-2H3,(H,26,28)(H,27,29)/t13-,21?/m0/s1. The van der Waals surface area contributed by atoms with Gasteiger partial charge in [-0.15, -0.1) is 11.3 Å². The molecule has 6 nitrogen and oxygen atoms in total. The van der Waals surface area contributed by atoms with E-state index in [9.17, 15) is 23.2 Å². The highest BCUT2D eigenvalue weighted by Gasteiger charge is 2.27. The average Bonchev–Trinajstić information content (AvgIpc) is 3.18. The van der Waals surface area contributed by atoms with Crippen molar-refractivity contribution in [3.8, 4) is 0 Å². The molecule has 2 amide bonds. The number of carbonyl (C=O) groups excluding carboxylic acids is 3. The van der Waals surface area contributed by atoms with Crippen molar-refractivity contribution < 1.29 is 27.9 Å². The van der Waals surface area contributed by atoms with Gasteiger partial charge >= 0.3 is 5.97 Å². The predicted molar refractivity (Wildman–Crippen MR) is 117 cm³/mol. The van der Waals surface area contributed by atoms with E-state index >= 15 is 0 Å². The highest BCUT2D eigenvalue weighted by atomic mass is 32.1. The summed E-state index contributed by atoms with van der Waals surface area (Å²) < 4.78 is 32.8. The summed E-state index contributed by atoms with van der Waals surface area (Å²) >= 11 is 1.56. The minimum atomic E-state index is -1.05. The van der Waals surface area contributed by atoms with Crippen molar-refractivity contribution in [2.45, 2.75) is 32.4 Å². The molecule has 0 bridgehead atoms. The van der Waals surface area contributed by atoms with Gasteiger partial charge in [0.15, 0.2) is 6.04 Å². The topological polar surface area (TPSA) is 84.5 Å². The molecule has 0 fully saturated rings. The molecular weight excluding hydrogens is 438 g/mol. The van der Waals surface area contributed by atoms with E-state index in [4.69, 9.17) is 4.74 Å². The maximum atomic E-state index is 13.3. The number of rotatable bonds is 8. The molecule has 3 rings (SSSR count). The normalized spacial score (nSPS) is 12.8. The minimum absolute atomic E-state index is 0.140. The first-order valence-corrected chi connectivity index (χ1v) is 10.8. The van der Waals surface area contributed by atoms with Crippen molar-refractivity contribution in [1.29, 1.82) is 0 Å². The second kappa shape index (κ2) is 10.3. The number of fused-ring (bicyclic) bond motifs is 1. The first-order chi connectivity index (χ1) is 15.3. The van der Waals surface area contributed by atoms with Crippen molar-refractivity contribution in [2.75, 3.05) is 6.61 Å². The largest absolute Gasteiger partial charge is 0.464 e. The van der Waals surface area contributed by atoms with Crippen molar-refractivity contribution in [1.82, 2.24) is 10.6 Å². The lowest BCUT2D eigenvalue weighted by atomic mass is 10.0. The van der Waals surface area contributed by atoms with Crippen molar-refractivity contribution >= 4 is 39.2 Å². The first kappa shape index (κ1) is 23.3. The molecule has 2 N–H and O–H groups in total. The van der Waals surface area contributed by atoms with E-state index < -0.39 is 41.5 Å². The molecule has 0 aliphatic carbocycles. The van der Waals surface area contributed by atoms with Crippen molar-refractivity contribution in [3.05, 3.63) is 70.6 Å². The predicted octanol–water partition coefficient (Wildman–Crippen LogP) is 3.65. The molecule has 168 valence electrons. The lowest BCUT2D eigenvalue weighted by Crippen LogP contribution is -2.47. The third kappa shape index (κ3) is 5.88. The molecular formula is C23H22F2N2O4S. The van der Waals surface area contributed by atoms with E-state index in [1.807, 2.05) is 17.5 Å². The summed E-state index contributed by atoms with van der Waals surface area (Å²) in [4.78, 5) is 37.4. The lowest BCUT2D eigenvalue weighted by Gasteiger charge is -2.21. The molecule has 0 saturated heterocycles. The number of nitrogens with one attached hydrogen (secondary N) is 2. The van der Waals surface area contributed by atoms with Gasteiger partial charge in [-0.3, -0.25) is 9.59 Å². The van der Waals surface area contributed by atoms with E-state index in [1.54, 1.807) is 30.4 Å². The fourth-order valence-corrected chi connectivity index (χ4v) is 3.96. The molecule has 0 aliphatic rings. The second-order valence-corrected chi connectivity index (χ2v) is 8.10. The smallest absolute Gasteiger partial charge is 0.333 e. The van der Waals surface area contributed by atoms with Crippen molar-refractivity contribution in [3.63, 3.8) is 0 Å². The maximum absolute atomic E-state index is 13.3.